The predicted molar refractivity (Wildman–Crippen MR) is 312 cm³/mol. The van der Waals surface area contributed by atoms with Crippen LogP contribution in [-0.2, 0) is 28.1 Å². The highest BCUT2D eigenvalue weighted by molar-refractivity contribution is 7.21. The third-order valence-electron chi connectivity index (χ3n) is 17.4. The summed E-state index contributed by atoms with van der Waals surface area (Å²) in [5.41, 5.74) is 28.8. The van der Waals surface area contributed by atoms with Gasteiger partial charge in [-0.2, -0.15) is 0 Å². The minimum atomic E-state index is -0.185. The van der Waals surface area contributed by atoms with Crippen LogP contribution in [0.15, 0.2) is 140 Å². The number of hydrogen-bond donors (Lipinski definition) is 1. The van der Waals surface area contributed by atoms with Gasteiger partial charge in [-0.3, -0.25) is 0 Å². The molecule has 0 saturated heterocycles. The standard InChI is InChI=1S/C67H64BN3S/c1-12-39-18-16-17-21-43(39)46-33-58-50(30-38(46)2)45-27-26-44(61-62(45)71(58)59-37-60-57(36-55(59)68-61)70-63(72-60)40-19-14-13-15-20-40)49-31-47-48-32-53-54(66(8,9)29-28-65(53,6)7)34-51(48)67(10,11)52(47)35-56(49)69-42-24-22-41(23-25-42)64(3,4)5/h13-27,30-37,68-69H,12,28-29H2,1-11H3. The van der Waals surface area contributed by atoms with Crippen molar-refractivity contribution in [3.8, 4) is 49.6 Å². The summed E-state index contributed by atoms with van der Waals surface area (Å²) in [7, 11) is 0.798. The van der Waals surface area contributed by atoms with Gasteiger partial charge in [-0.1, -0.05) is 160 Å². The first-order chi connectivity index (χ1) is 34.4. The van der Waals surface area contributed by atoms with Gasteiger partial charge in [0, 0.05) is 49.9 Å². The fraction of sp³-hybridized carbons (Fsp3) is 0.269. The van der Waals surface area contributed by atoms with Gasteiger partial charge in [0.05, 0.1) is 15.7 Å². The first-order valence-corrected chi connectivity index (χ1v) is 27.2. The molecule has 1 aliphatic heterocycles. The normalized spacial score (nSPS) is 15.8. The number of anilines is 2. The maximum atomic E-state index is 5.32. The smallest absolute Gasteiger partial charge is 0.198 e. The molecule has 8 aromatic carbocycles. The molecule has 10 aromatic rings. The average molecular weight is 954 g/mol. The fourth-order valence-corrected chi connectivity index (χ4v) is 14.0. The summed E-state index contributed by atoms with van der Waals surface area (Å²) >= 11 is 1.80. The summed E-state index contributed by atoms with van der Waals surface area (Å²) in [6.45, 7) is 26.2. The number of hydrogen-bond acceptors (Lipinski definition) is 3. The van der Waals surface area contributed by atoms with Crippen molar-refractivity contribution >= 4 is 72.9 Å². The van der Waals surface area contributed by atoms with Crippen molar-refractivity contribution in [2.75, 3.05) is 5.32 Å². The summed E-state index contributed by atoms with van der Waals surface area (Å²) in [4.78, 5) is 5.32. The topological polar surface area (TPSA) is 29.9 Å². The number of fused-ring (bicyclic) bond motifs is 10. The van der Waals surface area contributed by atoms with E-state index in [0.717, 1.165) is 41.2 Å². The Morgan fingerprint density at radius 3 is 2.07 bits per heavy atom. The van der Waals surface area contributed by atoms with E-state index >= 15 is 0 Å². The highest BCUT2D eigenvalue weighted by Gasteiger charge is 2.43. The monoisotopic (exact) mass is 953 g/mol. The number of aromatic nitrogens is 2. The van der Waals surface area contributed by atoms with E-state index in [2.05, 4.69) is 226 Å². The molecule has 72 heavy (non-hydrogen) atoms. The zero-order valence-electron chi connectivity index (χ0n) is 43.9. The largest absolute Gasteiger partial charge is 0.355 e. The van der Waals surface area contributed by atoms with Crippen molar-refractivity contribution in [3.05, 3.63) is 178 Å². The molecule has 0 spiro atoms. The van der Waals surface area contributed by atoms with Crippen LogP contribution in [0, 0.1) is 6.92 Å². The Morgan fingerprint density at radius 2 is 1.33 bits per heavy atom. The lowest BCUT2D eigenvalue weighted by Crippen LogP contribution is -2.37. The van der Waals surface area contributed by atoms with E-state index in [9.17, 15) is 0 Å². The number of rotatable bonds is 6. The molecule has 2 aliphatic carbocycles. The molecule has 3 aliphatic rings. The van der Waals surface area contributed by atoms with Gasteiger partial charge in [-0.05, 0) is 169 Å². The number of nitrogens with one attached hydrogen (secondary N) is 1. The predicted octanol–water partition coefficient (Wildman–Crippen LogP) is 16.7. The zero-order valence-corrected chi connectivity index (χ0v) is 44.7. The van der Waals surface area contributed by atoms with Crippen molar-refractivity contribution in [1.29, 1.82) is 0 Å². The van der Waals surface area contributed by atoms with Gasteiger partial charge < -0.3 is 9.88 Å². The maximum Gasteiger partial charge on any atom is 0.198 e. The van der Waals surface area contributed by atoms with Crippen LogP contribution in [0.4, 0.5) is 11.4 Å². The summed E-state index contributed by atoms with van der Waals surface area (Å²) in [6, 6.07) is 53.8. The molecule has 0 bridgehead atoms. The second kappa shape index (κ2) is 15.7. The molecule has 0 radical (unpaired) electrons. The number of thiazole rings is 1. The molecule has 0 atom stereocenters. The Morgan fingerprint density at radius 1 is 0.639 bits per heavy atom. The number of nitrogens with zero attached hydrogens (tertiary/aromatic N) is 2. The SMILES string of the molecule is CCc1ccccc1-c1cc2c(cc1C)c1ccc(-c3cc4c(cc3Nc3ccc(C(C)(C)C)cc3)C(C)(C)c3cc5c(cc3-4)C(C)(C)CCC5(C)C)c3c1n2-c1cc2sc(-c4ccccc4)nc2cc1B3. The van der Waals surface area contributed by atoms with E-state index in [-0.39, 0.29) is 21.7 Å². The summed E-state index contributed by atoms with van der Waals surface area (Å²) < 4.78 is 3.84. The van der Waals surface area contributed by atoms with E-state index in [1.165, 1.54) is 128 Å². The van der Waals surface area contributed by atoms with Crippen LogP contribution in [0.3, 0.4) is 0 Å². The molecular formula is C67H64BN3S. The minimum absolute atomic E-state index is 0.0636. The summed E-state index contributed by atoms with van der Waals surface area (Å²) in [5.74, 6) is 0. The molecule has 2 aromatic heterocycles. The van der Waals surface area contributed by atoms with Crippen LogP contribution in [0.1, 0.15) is 121 Å². The van der Waals surface area contributed by atoms with Crippen molar-refractivity contribution in [2.24, 2.45) is 0 Å². The Balaban J connectivity index is 1.09. The van der Waals surface area contributed by atoms with Crippen LogP contribution in [0.25, 0.3) is 81.7 Å². The molecule has 356 valence electrons. The van der Waals surface area contributed by atoms with Crippen LogP contribution < -0.4 is 16.2 Å². The lowest BCUT2D eigenvalue weighted by Gasteiger charge is -2.42. The Labute approximate surface area is 430 Å². The van der Waals surface area contributed by atoms with Gasteiger partial charge in [0.25, 0.3) is 0 Å². The van der Waals surface area contributed by atoms with Gasteiger partial charge in [-0.15, -0.1) is 11.3 Å². The molecule has 0 saturated carbocycles. The molecule has 3 heterocycles. The van der Waals surface area contributed by atoms with Crippen molar-refractivity contribution in [1.82, 2.24) is 9.55 Å². The van der Waals surface area contributed by atoms with Gasteiger partial charge in [-0.25, -0.2) is 4.98 Å². The third kappa shape index (κ3) is 6.79. The summed E-state index contributed by atoms with van der Waals surface area (Å²) in [5, 5.41) is 7.74. The van der Waals surface area contributed by atoms with E-state index in [1.807, 2.05) is 0 Å². The van der Waals surface area contributed by atoms with E-state index in [0.29, 0.717) is 0 Å². The fourth-order valence-electron chi connectivity index (χ4n) is 13.0. The lowest BCUT2D eigenvalue weighted by atomic mass is 9.59. The van der Waals surface area contributed by atoms with Crippen molar-refractivity contribution in [3.63, 3.8) is 0 Å². The van der Waals surface area contributed by atoms with Gasteiger partial charge >= 0.3 is 0 Å². The van der Waals surface area contributed by atoms with E-state index < -0.39 is 0 Å². The van der Waals surface area contributed by atoms with Gasteiger partial charge in [0.2, 0.25) is 0 Å². The van der Waals surface area contributed by atoms with Gasteiger partial charge in [0.1, 0.15) is 5.01 Å². The number of aryl methyl sites for hydroxylation is 2. The molecule has 0 amide bonds. The van der Waals surface area contributed by atoms with E-state index in [4.69, 9.17) is 4.98 Å². The Hall–Kier alpha value is -6.69. The molecule has 13 rings (SSSR count). The molecule has 5 heteroatoms. The first-order valence-electron chi connectivity index (χ1n) is 26.3. The molecule has 0 unspecified atom stereocenters. The quantitative estimate of drug-likeness (QED) is 0.168. The molecule has 0 fully saturated rings. The molecule has 1 N–H and O–H groups in total. The highest BCUT2D eigenvalue weighted by atomic mass is 32.1. The molecule has 3 nitrogen and oxygen atoms in total. The van der Waals surface area contributed by atoms with Crippen LogP contribution in [-0.4, -0.2) is 16.8 Å². The van der Waals surface area contributed by atoms with Crippen LogP contribution in [0.2, 0.25) is 0 Å². The second-order valence-corrected chi connectivity index (χ2v) is 25.3. The van der Waals surface area contributed by atoms with Crippen LogP contribution >= 0.6 is 11.3 Å². The third-order valence-corrected chi connectivity index (χ3v) is 18.5. The first kappa shape index (κ1) is 45.2. The lowest BCUT2D eigenvalue weighted by molar-refractivity contribution is 0.331. The summed E-state index contributed by atoms with van der Waals surface area (Å²) in [6.07, 6.45) is 3.37. The zero-order chi connectivity index (χ0) is 49.8. The number of benzene rings is 8. The van der Waals surface area contributed by atoms with Crippen LogP contribution in [0.5, 0.6) is 0 Å². The van der Waals surface area contributed by atoms with E-state index in [1.54, 1.807) is 11.3 Å². The van der Waals surface area contributed by atoms with Crippen molar-refractivity contribution < 1.29 is 0 Å². The Kier molecular flexibility index (Phi) is 9.83. The maximum absolute atomic E-state index is 5.32. The molecular weight excluding hydrogens is 890 g/mol. The highest BCUT2D eigenvalue weighted by Crippen LogP contribution is 2.56. The minimum Gasteiger partial charge on any atom is -0.355 e. The van der Waals surface area contributed by atoms with Gasteiger partial charge in [0.15, 0.2) is 7.28 Å². The average Bonchev–Trinajstić information content (AvgIpc) is 3.99. The van der Waals surface area contributed by atoms with Crippen molar-refractivity contribution in [2.45, 2.75) is 117 Å². The Bertz CT molecular complexity index is 3910. The second-order valence-electron chi connectivity index (χ2n) is 24.3.